The van der Waals surface area contributed by atoms with E-state index in [9.17, 15) is 4.79 Å². The molecular weight excluding hydrogens is 212 g/mol. The van der Waals surface area contributed by atoms with Crippen molar-refractivity contribution in [3.8, 4) is 0 Å². The van der Waals surface area contributed by atoms with Gasteiger partial charge in [0.1, 0.15) is 0 Å². The fraction of sp³-hybridized carbons (Fsp3) is 0.933. The second kappa shape index (κ2) is 5.41. The summed E-state index contributed by atoms with van der Waals surface area (Å²) in [5, 5.41) is 0. The molecule has 3 unspecified atom stereocenters. The summed E-state index contributed by atoms with van der Waals surface area (Å²) in [5.74, 6) is 2.24. The average molecular weight is 240 g/mol. The van der Waals surface area contributed by atoms with Crippen LogP contribution < -0.4 is 0 Å². The van der Waals surface area contributed by atoms with Crippen LogP contribution in [0, 0.1) is 29.1 Å². The zero-order valence-corrected chi connectivity index (χ0v) is 12.2. The van der Waals surface area contributed by atoms with Gasteiger partial charge in [-0.25, -0.2) is 0 Å². The van der Waals surface area contributed by atoms with Crippen molar-refractivity contribution in [2.24, 2.45) is 29.1 Å². The number of ether oxygens (including phenoxy) is 1. The van der Waals surface area contributed by atoms with Gasteiger partial charge in [0.25, 0.3) is 0 Å². The lowest BCUT2D eigenvalue weighted by Crippen LogP contribution is -2.19. The number of carbonyl (C=O) groups is 1. The standard InChI is InChI=1S/C15H28O2/c1-10(2)7-14(16)17-9-13-8-15(5,6)12(4)11(13)3/h10-13H,7-9H2,1-6H3. The van der Waals surface area contributed by atoms with Gasteiger partial charge in [-0.15, -0.1) is 0 Å². The van der Waals surface area contributed by atoms with Gasteiger partial charge in [0.05, 0.1) is 6.61 Å². The van der Waals surface area contributed by atoms with Crippen LogP contribution in [0.4, 0.5) is 0 Å². The third-order valence-corrected chi connectivity index (χ3v) is 4.59. The fourth-order valence-corrected chi connectivity index (χ4v) is 2.97. The van der Waals surface area contributed by atoms with Crippen molar-refractivity contribution in [3.63, 3.8) is 0 Å². The summed E-state index contributed by atoms with van der Waals surface area (Å²) >= 11 is 0. The summed E-state index contributed by atoms with van der Waals surface area (Å²) in [7, 11) is 0. The molecule has 1 fully saturated rings. The minimum atomic E-state index is -0.0374. The normalized spacial score (nSPS) is 31.8. The summed E-state index contributed by atoms with van der Waals surface area (Å²) in [6.45, 7) is 14.0. The molecule has 0 aromatic heterocycles. The van der Waals surface area contributed by atoms with E-state index in [1.54, 1.807) is 0 Å². The van der Waals surface area contributed by atoms with Gasteiger partial charge in [-0.2, -0.15) is 0 Å². The average Bonchev–Trinajstić information content (AvgIpc) is 2.38. The topological polar surface area (TPSA) is 26.3 Å². The first kappa shape index (κ1) is 14.5. The van der Waals surface area contributed by atoms with Crippen molar-refractivity contribution in [2.45, 2.75) is 54.4 Å². The molecule has 0 heterocycles. The molecule has 100 valence electrons. The van der Waals surface area contributed by atoms with E-state index in [1.165, 1.54) is 6.42 Å². The zero-order chi connectivity index (χ0) is 13.2. The molecule has 2 nitrogen and oxygen atoms in total. The highest BCUT2D eigenvalue weighted by Crippen LogP contribution is 2.49. The Morgan fingerprint density at radius 1 is 1.35 bits per heavy atom. The monoisotopic (exact) mass is 240 g/mol. The quantitative estimate of drug-likeness (QED) is 0.697. The Labute approximate surface area is 106 Å². The van der Waals surface area contributed by atoms with Crippen molar-refractivity contribution in [2.75, 3.05) is 6.61 Å². The largest absolute Gasteiger partial charge is 0.465 e. The number of hydrogen-bond acceptors (Lipinski definition) is 2. The molecule has 0 bridgehead atoms. The molecule has 0 N–H and O–H groups in total. The van der Waals surface area contributed by atoms with E-state index >= 15 is 0 Å². The summed E-state index contributed by atoms with van der Waals surface area (Å²) in [5.41, 5.74) is 0.383. The minimum Gasteiger partial charge on any atom is -0.465 e. The highest BCUT2D eigenvalue weighted by atomic mass is 16.5. The van der Waals surface area contributed by atoms with Gasteiger partial charge in [0.2, 0.25) is 0 Å². The zero-order valence-electron chi connectivity index (χ0n) is 12.2. The van der Waals surface area contributed by atoms with Crippen LogP contribution in [-0.2, 0) is 9.53 Å². The van der Waals surface area contributed by atoms with Crippen LogP contribution in [0.25, 0.3) is 0 Å². The van der Waals surface area contributed by atoms with Crippen LogP contribution in [0.2, 0.25) is 0 Å². The van der Waals surface area contributed by atoms with Crippen LogP contribution in [-0.4, -0.2) is 12.6 Å². The van der Waals surface area contributed by atoms with Gasteiger partial charge < -0.3 is 4.74 Å². The Kier molecular flexibility index (Phi) is 4.62. The highest BCUT2D eigenvalue weighted by Gasteiger charge is 2.43. The van der Waals surface area contributed by atoms with Crippen molar-refractivity contribution in [1.82, 2.24) is 0 Å². The predicted octanol–water partition coefficient (Wildman–Crippen LogP) is 3.89. The third kappa shape index (κ3) is 3.72. The Morgan fingerprint density at radius 3 is 2.35 bits per heavy atom. The molecule has 0 aromatic carbocycles. The fourth-order valence-electron chi connectivity index (χ4n) is 2.97. The number of hydrogen-bond donors (Lipinski definition) is 0. The Morgan fingerprint density at radius 2 is 1.94 bits per heavy atom. The van der Waals surface area contributed by atoms with Gasteiger partial charge in [-0.05, 0) is 35.5 Å². The molecule has 17 heavy (non-hydrogen) atoms. The van der Waals surface area contributed by atoms with Gasteiger partial charge >= 0.3 is 5.97 Å². The van der Waals surface area contributed by atoms with Gasteiger partial charge in [-0.3, -0.25) is 4.79 Å². The molecule has 3 atom stereocenters. The van der Waals surface area contributed by atoms with E-state index < -0.39 is 0 Å². The Bertz CT molecular complexity index is 268. The van der Waals surface area contributed by atoms with Gasteiger partial charge in [0.15, 0.2) is 0 Å². The lowest BCUT2D eigenvalue weighted by Gasteiger charge is -2.25. The van der Waals surface area contributed by atoms with E-state index in [2.05, 4.69) is 27.7 Å². The van der Waals surface area contributed by atoms with Crippen molar-refractivity contribution < 1.29 is 9.53 Å². The summed E-state index contributed by atoms with van der Waals surface area (Å²) in [6.07, 6.45) is 1.71. The summed E-state index contributed by atoms with van der Waals surface area (Å²) < 4.78 is 5.41. The second-order valence-electron chi connectivity index (χ2n) is 6.88. The second-order valence-corrected chi connectivity index (χ2v) is 6.88. The number of esters is 1. The van der Waals surface area contributed by atoms with Crippen LogP contribution in [0.15, 0.2) is 0 Å². The molecule has 0 aromatic rings. The molecule has 0 aliphatic heterocycles. The molecule has 1 saturated carbocycles. The third-order valence-electron chi connectivity index (χ3n) is 4.59. The van der Waals surface area contributed by atoms with E-state index in [1.807, 2.05) is 13.8 Å². The van der Waals surface area contributed by atoms with Crippen LogP contribution in [0.5, 0.6) is 0 Å². The van der Waals surface area contributed by atoms with Crippen LogP contribution in [0.1, 0.15) is 54.4 Å². The SMILES string of the molecule is CC(C)CC(=O)OCC1CC(C)(C)C(C)C1C. The molecule has 0 saturated heterocycles. The van der Waals surface area contributed by atoms with E-state index in [0.29, 0.717) is 42.1 Å². The molecule has 1 aliphatic carbocycles. The van der Waals surface area contributed by atoms with E-state index in [-0.39, 0.29) is 5.97 Å². The summed E-state index contributed by atoms with van der Waals surface area (Å²) in [6, 6.07) is 0. The smallest absolute Gasteiger partial charge is 0.306 e. The molecule has 0 amide bonds. The summed E-state index contributed by atoms with van der Waals surface area (Å²) in [4.78, 5) is 11.5. The first-order valence-electron chi connectivity index (χ1n) is 6.89. The number of carbonyl (C=O) groups excluding carboxylic acids is 1. The lowest BCUT2D eigenvalue weighted by atomic mass is 9.81. The Balaban J connectivity index is 2.41. The number of rotatable bonds is 4. The van der Waals surface area contributed by atoms with E-state index in [4.69, 9.17) is 4.74 Å². The maximum atomic E-state index is 11.5. The van der Waals surface area contributed by atoms with Crippen molar-refractivity contribution in [3.05, 3.63) is 0 Å². The van der Waals surface area contributed by atoms with Gasteiger partial charge in [-0.1, -0.05) is 41.5 Å². The molecule has 2 heteroatoms. The molecular formula is C15H28O2. The predicted molar refractivity (Wildman–Crippen MR) is 70.6 cm³/mol. The first-order chi connectivity index (χ1) is 7.74. The van der Waals surface area contributed by atoms with Crippen molar-refractivity contribution >= 4 is 5.97 Å². The lowest BCUT2D eigenvalue weighted by molar-refractivity contribution is -0.146. The Hall–Kier alpha value is -0.530. The minimum absolute atomic E-state index is 0.0374. The van der Waals surface area contributed by atoms with Gasteiger partial charge in [0, 0.05) is 6.42 Å². The maximum absolute atomic E-state index is 11.5. The van der Waals surface area contributed by atoms with E-state index in [0.717, 1.165) is 0 Å². The van der Waals surface area contributed by atoms with Crippen LogP contribution >= 0.6 is 0 Å². The first-order valence-corrected chi connectivity index (χ1v) is 6.89. The molecule has 0 radical (unpaired) electrons. The molecule has 1 rings (SSSR count). The molecule has 1 aliphatic rings. The maximum Gasteiger partial charge on any atom is 0.306 e. The van der Waals surface area contributed by atoms with Crippen molar-refractivity contribution in [1.29, 1.82) is 0 Å². The highest BCUT2D eigenvalue weighted by molar-refractivity contribution is 5.69. The molecule has 0 spiro atoms. The van der Waals surface area contributed by atoms with Crippen LogP contribution in [0.3, 0.4) is 0 Å².